The molecule has 0 spiro atoms. The predicted molar refractivity (Wildman–Crippen MR) is 74.1 cm³/mol. The summed E-state index contributed by atoms with van der Waals surface area (Å²) in [5, 5.41) is 3.30. The Morgan fingerprint density at radius 3 is 2.83 bits per heavy atom. The first kappa shape index (κ1) is 12.6. The SMILES string of the molecule is CCCNc1cc(-n2ccnc2CCC)ccn1. The van der Waals surface area contributed by atoms with Crippen LogP contribution in [0.25, 0.3) is 5.69 Å². The normalized spacial score (nSPS) is 10.6. The van der Waals surface area contributed by atoms with Gasteiger partial charge in [0, 0.05) is 37.6 Å². The fourth-order valence-corrected chi connectivity index (χ4v) is 1.90. The van der Waals surface area contributed by atoms with E-state index >= 15 is 0 Å². The Hall–Kier alpha value is -1.84. The van der Waals surface area contributed by atoms with Crippen LogP contribution in [0.2, 0.25) is 0 Å². The molecule has 0 radical (unpaired) electrons. The number of hydrogen-bond donors (Lipinski definition) is 1. The van der Waals surface area contributed by atoms with E-state index in [0.29, 0.717) is 0 Å². The van der Waals surface area contributed by atoms with E-state index in [4.69, 9.17) is 0 Å². The van der Waals surface area contributed by atoms with Gasteiger partial charge in [-0.2, -0.15) is 0 Å². The van der Waals surface area contributed by atoms with Gasteiger partial charge in [0.2, 0.25) is 0 Å². The van der Waals surface area contributed by atoms with Gasteiger partial charge in [-0.15, -0.1) is 0 Å². The Morgan fingerprint density at radius 1 is 1.17 bits per heavy atom. The Morgan fingerprint density at radius 2 is 2.06 bits per heavy atom. The molecule has 0 aromatic carbocycles. The molecule has 0 saturated heterocycles. The molecule has 0 unspecified atom stereocenters. The van der Waals surface area contributed by atoms with Crippen molar-refractivity contribution in [1.82, 2.24) is 14.5 Å². The second-order valence-corrected chi connectivity index (χ2v) is 4.29. The standard InChI is InChI=1S/C14H20N4/c1-3-5-14-17-9-10-18(14)12-6-8-16-13(11-12)15-7-4-2/h6,8-11H,3-5,7H2,1-2H3,(H,15,16). The molecule has 18 heavy (non-hydrogen) atoms. The Kier molecular flexibility index (Phi) is 4.34. The molecule has 0 saturated carbocycles. The van der Waals surface area contributed by atoms with E-state index in [1.165, 1.54) is 0 Å². The number of imidazole rings is 1. The number of anilines is 1. The van der Waals surface area contributed by atoms with Crippen LogP contribution in [0.3, 0.4) is 0 Å². The van der Waals surface area contributed by atoms with Crippen LogP contribution in [0.15, 0.2) is 30.7 Å². The van der Waals surface area contributed by atoms with Crippen molar-refractivity contribution in [3.8, 4) is 5.69 Å². The molecule has 0 bridgehead atoms. The molecule has 0 atom stereocenters. The number of rotatable bonds is 6. The van der Waals surface area contributed by atoms with Gasteiger partial charge < -0.3 is 9.88 Å². The fourth-order valence-electron chi connectivity index (χ4n) is 1.90. The van der Waals surface area contributed by atoms with E-state index in [1.807, 2.05) is 24.7 Å². The van der Waals surface area contributed by atoms with Gasteiger partial charge in [0.15, 0.2) is 0 Å². The highest BCUT2D eigenvalue weighted by molar-refractivity contribution is 5.45. The molecule has 0 aliphatic rings. The molecular weight excluding hydrogens is 224 g/mol. The summed E-state index contributed by atoms with van der Waals surface area (Å²) in [6.45, 7) is 5.26. The minimum absolute atomic E-state index is 0.922. The summed E-state index contributed by atoms with van der Waals surface area (Å²) in [4.78, 5) is 8.71. The zero-order chi connectivity index (χ0) is 12.8. The summed E-state index contributed by atoms with van der Waals surface area (Å²) in [6, 6.07) is 4.08. The number of aryl methyl sites for hydroxylation is 1. The third-order valence-corrected chi connectivity index (χ3v) is 2.77. The van der Waals surface area contributed by atoms with Crippen LogP contribution < -0.4 is 5.32 Å². The highest BCUT2D eigenvalue weighted by Gasteiger charge is 2.04. The zero-order valence-corrected chi connectivity index (χ0v) is 11.1. The van der Waals surface area contributed by atoms with Crippen molar-refractivity contribution in [2.75, 3.05) is 11.9 Å². The summed E-state index contributed by atoms with van der Waals surface area (Å²) in [7, 11) is 0. The van der Waals surface area contributed by atoms with E-state index < -0.39 is 0 Å². The fraction of sp³-hybridized carbons (Fsp3) is 0.429. The molecule has 1 N–H and O–H groups in total. The van der Waals surface area contributed by atoms with Gasteiger partial charge in [-0.1, -0.05) is 13.8 Å². The third-order valence-electron chi connectivity index (χ3n) is 2.77. The van der Waals surface area contributed by atoms with Crippen LogP contribution in [-0.4, -0.2) is 21.1 Å². The van der Waals surface area contributed by atoms with Gasteiger partial charge in [-0.25, -0.2) is 9.97 Å². The average Bonchev–Trinajstić information content (AvgIpc) is 2.85. The maximum absolute atomic E-state index is 4.40. The lowest BCUT2D eigenvalue weighted by molar-refractivity contribution is 0.808. The maximum atomic E-state index is 4.40. The number of hydrogen-bond acceptors (Lipinski definition) is 3. The molecule has 2 heterocycles. The Labute approximate surface area is 108 Å². The summed E-state index contributed by atoms with van der Waals surface area (Å²) >= 11 is 0. The minimum Gasteiger partial charge on any atom is -0.370 e. The van der Waals surface area contributed by atoms with Crippen LogP contribution in [0.4, 0.5) is 5.82 Å². The molecule has 2 rings (SSSR count). The second kappa shape index (κ2) is 6.19. The number of nitrogens with one attached hydrogen (secondary N) is 1. The monoisotopic (exact) mass is 244 g/mol. The van der Waals surface area contributed by atoms with Crippen molar-refractivity contribution in [3.05, 3.63) is 36.5 Å². The third kappa shape index (κ3) is 2.88. The van der Waals surface area contributed by atoms with Crippen molar-refractivity contribution in [2.45, 2.75) is 33.1 Å². The first-order valence-electron chi connectivity index (χ1n) is 6.57. The van der Waals surface area contributed by atoms with Crippen molar-refractivity contribution >= 4 is 5.82 Å². The summed E-state index contributed by atoms with van der Waals surface area (Å²) < 4.78 is 2.13. The van der Waals surface area contributed by atoms with Gasteiger partial charge in [-0.05, 0) is 18.9 Å². The first-order chi connectivity index (χ1) is 8.85. The molecule has 0 amide bonds. The molecule has 0 aliphatic heterocycles. The lowest BCUT2D eigenvalue weighted by Crippen LogP contribution is -2.04. The van der Waals surface area contributed by atoms with Crippen molar-refractivity contribution in [1.29, 1.82) is 0 Å². The van der Waals surface area contributed by atoms with Gasteiger partial charge >= 0.3 is 0 Å². The maximum Gasteiger partial charge on any atom is 0.127 e. The van der Waals surface area contributed by atoms with Crippen molar-refractivity contribution in [2.24, 2.45) is 0 Å². The van der Waals surface area contributed by atoms with E-state index in [2.05, 4.69) is 39.8 Å². The lowest BCUT2D eigenvalue weighted by Gasteiger charge is -2.09. The van der Waals surface area contributed by atoms with Gasteiger partial charge in [0.05, 0.1) is 5.69 Å². The molecule has 4 heteroatoms. The lowest BCUT2D eigenvalue weighted by atomic mass is 10.3. The first-order valence-corrected chi connectivity index (χ1v) is 6.57. The smallest absolute Gasteiger partial charge is 0.127 e. The molecule has 4 nitrogen and oxygen atoms in total. The van der Waals surface area contributed by atoms with Crippen LogP contribution in [0.1, 0.15) is 32.5 Å². The second-order valence-electron chi connectivity index (χ2n) is 4.29. The Bertz CT molecular complexity index is 490. The largest absolute Gasteiger partial charge is 0.370 e. The topological polar surface area (TPSA) is 42.7 Å². The van der Waals surface area contributed by atoms with E-state index in [9.17, 15) is 0 Å². The summed E-state index contributed by atoms with van der Waals surface area (Å²) in [5.74, 6) is 2.02. The van der Waals surface area contributed by atoms with Crippen molar-refractivity contribution in [3.63, 3.8) is 0 Å². The molecular formula is C14H20N4. The number of nitrogens with zero attached hydrogens (tertiary/aromatic N) is 3. The van der Waals surface area contributed by atoms with Crippen LogP contribution in [-0.2, 0) is 6.42 Å². The average molecular weight is 244 g/mol. The quantitative estimate of drug-likeness (QED) is 0.849. The molecule has 0 fully saturated rings. The summed E-state index contributed by atoms with van der Waals surface area (Å²) in [5.41, 5.74) is 1.12. The number of aromatic nitrogens is 3. The van der Waals surface area contributed by atoms with Crippen LogP contribution >= 0.6 is 0 Å². The highest BCUT2D eigenvalue weighted by atomic mass is 15.1. The highest BCUT2D eigenvalue weighted by Crippen LogP contribution is 2.14. The van der Waals surface area contributed by atoms with E-state index in [-0.39, 0.29) is 0 Å². The molecule has 0 aliphatic carbocycles. The van der Waals surface area contributed by atoms with Crippen LogP contribution in [0.5, 0.6) is 0 Å². The van der Waals surface area contributed by atoms with E-state index in [0.717, 1.165) is 43.1 Å². The molecule has 2 aromatic heterocycles. The summed E-state index contributed by atoms with van der Waals surface area (Å²) in [6.07, 6.45) is 8.88. The number of pyridine rings is 1. The predicted octanol–water partition coefficient (Wildman–Crippen LogP) is 3.04. The Balaban J connectivity index is 2.24. The van der Waals surface area contributed by atoms with Crippen molar-refractivity contribution < 1.29 is 0 Å². The minimum atomic E-state index is 0.922. The van der Waals surface area contributed by atoms with Gasteiger partial charge in [0.1, 0.15) is 11.6 Å². The van der Waals surface area contributed by atoms with E-state index in [1.54, 1.807) is 0 Å². The molecule has 2 aromatic rings. The van der Waals surface area contributed by atoms with Gasteiger partial charge in [-0.3, -0.25) is 0 Å². The molecule has 96 valence electrons. The van der Waals surface area contributed by atoms with Gasteiger partial charge in [0.25, 0.3) is 0 Å². The van der Waals surface area contributed by atoms with Crippen LogP contribution in [0, 0.1) is 0 Å². The zero-order valence-electron chi connectivity index (χ0n) is 11.1.